The van der Waals surface area contributed by atoms with E-state index in [0.29, 0.717) is 96.6 Å². The van der Waals surface area contributed by atoms with Crippen molar-refractivity contribution in [2.24, 2.45) is 0 Å². The second-order valence-corrected chi connectivity index (χ2v) is 36.5. The van der Waals surface area contributed by atoms with Crippen molar-refractivity contribution in [1.29, 1.82) is 0 Å². The molecule has 36 atom stereocenters. The Kier molecular flexibility index (Phi) is 57.9. The molecule has 7 aliphatic heterocycles. The number of unbranched alkanes of at least 4 members (excludes halogenated alkanes) is 10. The van der Waals surface area contributed by atoms with E-state index in [2.05, 4.69) is 31.9 Å². The molecule has 7 saturated heterocycles. The molecular weight excluding hydrogens is 1940 g/mol. The standard InChI is InChI=1S/C87H157N9O48/c97-38-46-59(110)66(117)72(123)81(137-46)132-31-26-94(27-32-133-82-73(124)67(118)60(111)47(39-98)138-82)24-13-3-1-9-19-88-54(104)18-17-45(80(130)92-22-10-2-4-14-25-95(28-33-134-83-74(125)68(119)61(112)48(40-99)139-83)29-34-135-84-75(126)69(120)62(113)49(41-100)140-84)93-57(107)37-96(36-56(106)90-21-12-6-8-16-58(108)109)35-55(105)89-20-11-5-7-15-53(103)91-23-30-131-86-78(129)79(144-87-77(128)71(122)64(115)51(43-102)142-87)65(116)52(143-86)44-136-85-76(127)70(121)63(114)50(42-101)141-85/h45-52,59-79,81-87,97-102,110-129H,1-44H2,(H,88,104)(H,89,105)(H,90,106)(H,91,103)(H,92,130)(H,93,107)(H,108,109)/t45-,46+,47+,48+,49+,50+,51+,52+,59+,60+,61+,62+,63+,64+,65+,66-,67-,68-,69-,70-,71-,72-,73-,74-,75-,76-,77-,78-,79-,81-,82-,83-,84-,85-,86+,87+/m0/s1. The fraction of sp³-hybridized carbons (Fsp3) is 0.920. The van der Waals surface area contributed by atoms with Crippen LogP contribution >= 0.6 is 0 Å². The lowest BCUT2D eigenvalue weighted by Gasteiger charge is -2.46. The molecular formula is C87H157N9O48. The smallest absolute Gasteiger partial charge is 0.303 e. The number of rotatable bonds is 68. The van der Waals surface area contributed by atoms with Crippen LogP contribution in [-0.4, -0.2) is 586 Å². The van der Waals surface area contributed by atoms with Crippen LogP contribution in [0.25, 0.3) is 0 Å². The zero-order chi connectivity index (χ0) is 106. The summed E-state index contributed by atoms with van der Waals surface area (Å²) in [5, 5.41) is 294. The van der Waals surface area contributed by atoms with E-state index in [1.165, 1.54) is 4.90 Å². The molecule has 0 unspecified atom stereocenters. The molecule has 7 aliphatic rings. The first kappa shape index (κ1) is 125. The fourth-order valence-corrected chi connectivity index (χ4v) is 16.8. The molecule has 7 rings (SSSR count). The van der Waals surface area contributed by atoms with Crippen molar-refractivity contribution in [2.75, 3.05) is 171 Å². The highest BCUT2D eigenvalue weighted by molar-refractivity contribution is 5.90. The van der Waals surface area contributed by atoms with Crippen LogP contribution in [-0.2, 0) is 99.9 Å². The Hall–Kier alpha value is -5.43. The van der Waals surface area contributed by atoms with Crippen LogP contribution in [0.4, 0.5) is 0 Å². The SMILES string of the molecule is O=C(O)CCCCCNC(=O)CN(CC(=O)NCCCCCC(=O)NCCO[C@@H]1O[C@H](CO[C@H]2O[C@H](CO)[C@@H](O)[C@H](O)[C@@H]2O)[C@@H](O)[C@H](O[C@H]2O[C@H](CO)[C@@H](O)[C@H](O)[C@@H]2O)[C@@H]1O)CC(=O)N[C@@H](CCC(=O)NCCCCCCN(CCO[C@H]1O[C@H](CO)[C@@H](O)[C@H](O)[C@@H]1O)CCO[C@H]1O[C@H](CO)[C@@H](O)[C@H](O)[C@@H]1O)C(=O)NCCCCCCN(CCO[C@H]1O[C@H](CO)[C@@H](O)[C@H](O)[C@@H]1O)CCO[C@H]1O[C@H](CO)[C@@H](O)[C@H](O)[C@@H]1O. The molecule has 0 spiro atoms. The summed E-state index contributed by atoms with van der Waals surface area (Å²) in [7, 11) is 0. The molecule has 0 aromatic heterocycles. The summed E-state index contributed by atoms with van der Waals surface area (Å²) in [6, 6.07) is -1.39. The first-order valence-corrected chi connectivity index (χ1v) is 49.0. The quantitative estimate of drug-likeness (QED) is 0.0251. The van der Waals surface area contributed by atoms with Gasteiger partial charge in [-0.05, 0) is 70.9 Å². The molecule has 57 heteroatoms. The summed E-state index contributed by atoms with van der Waals surface area (Å²) in [6.45, 7) is -6.32. The summed E-state index contributed by atoms with van der Waals surface area (Å²) < 4.78 is 78.5. The number of amides is 6. The summed E-state index contributed by atoms with van der Waals surface area (Å²) in [4.78, 5) is 98.6. The van der Waals surface area contributed by atoms with Crippen molar-refractivity contribution in [3.8, 4) is 0 Å². The number of aliphatic hydroxyl groups excluding tert-OH is 26. The van der Waals surface area contributed by atoms with Crippen LogP contribution in [0, 0.1) is 0 Å². The highest BCUT2D eigenvalue weighted by Gasteiger charge is 2.54. The number of hydrogen-bond donors (Lipinski definition) is 33. The van der Waals surface area contributed by atoms with Gasteiger partial charge in [-0.1, -0.05) is 38.5 Å². The Labute approximate surface area is 830 Å². The molecule has 0 bridgehead atoms. The lowest BCUT2D eigenvalue weighted by Crippen LogP contribution is -2.65. The Bertz CT molecular complexity index is 3530. The van der Waals surface area contributed by atoms with Crippen molar-refractivity contribution in [3.05, 3.63) is 0 Å². The maximum Gasteiger partial charge on any atom is 0.303 e. The first-order valence-electron chi connectivity index (χ1n) is 49.0. The molecule has 0 aromatic rings. The molecule has 838 valence electrons. The van der Waals surface area contributed by atoms with E-state index in [-0.39, 0.29) is 124 Å². The van der Waals surface area contributed by atoms with Gasteiger partial charge >= 0.3 is 5.97 Å². The van der Waals surface area contributed by atoms with E-state index < -0.39 is 328 Å². The number of carboxylic acids is 1. The Balaban J connectivity index is 0.941. The summed E-state index contributed by atoms with van der Waals surface area (Å²) >= 11 is 0. The van der Waals surface area contributed by atoms with Crippen molar-refractivity contribution < 1.29 is 238 Å². The summed E-state index contributed by atoms with van der Waals surface area (Å²) in [5.74, 6) is -4.82. The molecule has 0 aliphatic carbocycles. The van der Waals surface area contributed by atoms with Gasteiger partial charge in [-0.25, -0.2) is 0 Å². The lowest BCUT2D eigenvalue weighted by molar-refractivity contribution is -0.366. The third kappa shape index (κ3) is 40.3. The predicted molar refractivity (Wildman–Crippen MR) is 481 cm³/mol. The number of carbonyl (C=O) groups is 7. The van der Waals surface area contributed by atoms with Gasteiger partial charge in [-0.3, -0.25) is 48.3 Å². The Morgan fingerprint density at radius 2 is 0.549 bits per heavy atom. The number of carbonyl (C=O) groups excluding carboxylic acids is 6. The van der Waals surface area contributed by atoms with Gasteiger partial charge in [-0.2, -0.15) is 0 Å². The zero-order valence-electron chi connectivity index (χ0n) is 80.4. The average Bonchev–Trinajstić information content (AvgIpc) is 0.776. The Morgan fingerprint density at radius 3 is 0.924 bits per heavy atom. The van der Waals surface area contributed by atoms with E-state index in [1.54, 1.807) is 0 Å². The zero-order valence-corrected chi connectivity index (χ0v) is 80.4. The normalized spacial score (nSPS) is 34.5. The molecule has 0 saturated carbocycles. The summed E-state index contributed by atoms with van der Waals surface area (Å²) in [5.41, 5.74) is 0. The van der Waals surface area contributed by atoms with Crippen molar-refractivity contribution in [1.82, 2.24) is 46.6 Å². The largest absolute Gasteiger partial charge is 0.481 e. The highest BCUT2D eigenvalue weighted by Crippen LogP contribution is 2.33. The van der Waals surface area contributed by atoms with Crippen LogP contribution in [0.5, 0.6) is 0 Å². The van der Waals surface area contributed by atoms with Crippen molar-refractivity contribution in [2.45, 2.75) is 337 Å². The highest BCUT2D eigenvalue weighted by atomic mass is 16.8. The number of aliphatic carboxylic acids is 1. The van der Waals surface area contributed by atoms with Gasteiger partial charge in [0.25, 0.3) is 0 Å². The van der Waals surface area contributed by atoms with Crippen LogP contribution in [0.1, 0.15) is 116 Å². The van der Waals surface area contributed by atoms with Crippen LogP contribution in [0.3, 0.4) is 0 Å². The fourth-order valence-electron chi connectivity index (χ4n) is 16.8. The monoisotopic (exact) mass is 2100 g/mol. The van der Waals surface area contributed by atoms with Gasteiger partial charge in [0.05, 0.1) is 98.9 Å². The van der Waals surface area contributed by atoms with E-state index in [9.17, 15) is 166 Å². The van der Waals surface area contributed by atoms with Crippen LogP contribution in [0.15, 0.2) is 0 Å². The third-order valence-corrected chi connectivity index (χ3v) is 25.5. The van der Waals surface area contributed by atoms with Gasteiger partial charge in [0.2, 0.25) is 35.4 Å². The second-order valence-electron chi connectivity index (χ2n) is 36.5. The van der Waals surface area contributed by atoms with E-state index >= 15 is 0 Å². The third-order valence-electron chi connectivity index (χ3n) is 25.5. The molecule has 0 aromatic carbocycles. The number of carboxylic acid groups (broad SMARTS) is 1. The van der Waals surface area contributed by atoms with Crippen molar-refractivity contribution >= 4 is 41.4 Å². The number of ether oxygens (including phenoxy) is 14. The minimum Gasteiger partial charge on any atom is -0.481 e. The molecule has 57 nitrogen and oxygen atoms in total. The maximum absolute atomic E-state index is 14.3. The predicted octanol–water partition coefficient (Wildman–Crippen LogP) is -17.2. The number of aliphatic hydroxyl groups is 26. The van der Waals surface area contributed by atoms with E-state index in [4.69, 9.17) is 71.4 Å². The minimum absolute atomic E-state index is 0.0427. The Morgan fingerprint density at radius 1 is 0.257 bits per heavy atom. The van der Waals surface area contributed by atoms with Crippen molar-refractivity contribution in [3.63, 3.8) is 0 Å². The van der Waals surface area contributed by atoms with Crippen LogP contribution in [0.2, 0.25) is 0 Å². The van der Waals surface area contributed by atoms with Gasteiger partial charge in [-0.15, -0.1) is 0 Å². The molecule has 7 heterocycles. The number of nitrogens with one attached hydrogen (secondary N) is 6. The average molecular weight is 2100 g/mol. The summed E-state index contributed by atoms with van der Waals surface area (Å²) in [6.07, 6.45) is -52.1. The maximum atomic E-state index is 14.3. The molecule has 7 fully saturated rings. The molecule has 0 radical (unpaired) electrons. The van der Waals surface area contributed by atoms with Crippen LogP contribution < -0.4 is 31.9 Å². The first-order chi connectivity index (χ1) is 68.8. The van der Waals surface area contributed by atoms with Gasteiger partial charge in [0, 0.05) is 78.2 Å². The minimum atomic E-state index is -2.00. The number of hydrogen-bond acceptors (Lipinski definition) is 50. The lowest BCUT2D eigenvalue weighted by atomic mass is 9.96. The molecule has 144 heavy (non-hydrogen) atoms. The molecule has 6 amide bonds. The number of nitrogens with zero attached hydrogens (tertiary/aromatic N) is 3. The van der Waals surface area contributed by atoms with E-state index in [1.807, 2.05) is 9.80 Å². The van der Waals surface area contributed by atoms with Gasteiger partial charge in [0.15, 0.2) is 44.0 Å². The molecule has 33 N–H and O–H groups in total. The van der Waals surface area contributed by atoms with E-state index in [0.717, 1.165) is 0 Å². The van der Waals surface area contributed by atoms with Gasteiger partial charge < -0.3 is 236 Å². The topological polar surface area (TPSA) is 877 Å². The van der Waals surface area contributed by atoms with Gasteiger partial charge in [0.1, 0.15) is 177 Å². The second kappa shape index (κ2) is 66.4.